The number of rotatable bonds is 5. The number of nitrogens with zero attached hydrogens (tertiary/aromatic N) is 2. The van der Waals surface area contributed by atoms with Gasteiger partial charge in [-0.2, -0.15) is 5.10 Å². The minimum absolute atomic E-state index is 0.273. The fourth-order valence-electron chi connectivity index (χ4n) is 1.34. The van der Waals surface area contributed by atoms with Gasteiger partial charge in [0.1, 0.15) is 0 Å². The molecule has 0 bridgehead atoms. The average molecular weight is 239 g/mol. The van der Waals surface area contributed by atoms with Crippen LogP contribution >= 0.6 is 0 Å². The van der Waals surface area contributed by atoms with Gasteiger partial charge < -0.3 is 10.4 Å². The van der Waals surface area contributed by atoms with Gasteiger partial charge in [0, 0.05) is 19.2 Å². The monoisotopic (exact) mass is 239 g/mol. The second kappa shape index (κ2) is 5.47. The van der Waals surface area contributed by atoms with Crippen LogP contribution in [0.2, 0.25) is 0 Å². The number of carboxylic acid groups (broad SMARTS) is 1. The first-order valence-electron chi connectivity index (χ1n) is 5.41. The van der Waals surface area contributed by atoms with Crippen molar-refractivity contribution in [3.8, 4) is 0 Å². The van der Waals surface area contributed by atoms with Crippen molar-refractivity contribution in [3.63, 3.8) is 0 Å². The van der Waals surface area contributed by atoms with E-state index in [0.29, 0.717) is 6.54 Å². The van der Waals surface area contributed by atoms with E-state index in [1.165, 1.54) is 6.92 Å². The summed E-state index contributed by atoms with van der Waals surface area (Å²) < 4.78 is 1.64. The summed E-state index contributed by atoms with van der Waals surface area (Å²) in [5.41, 5.74) is 0.746. The van der Waals surface area contributed by atoms with Crippen molar-refractivity contribution < 1.29 is 14.7 Å². The molecule has 0 radical (unpaired) electrons. The van der Waals surface area contributed by atoms with Gasteiger partial charge >= 0.3 is 5.97 Å². The lowest BCUT2D eigenvalue weighted by atomic mass is 9.95. The maximum atomic E-state index is 11.7. The van der Waals surface area contributed by atoms with Gasteiger partial charge in [0.05, 0.1) is 18.2 Å². The number of carbonyl (C=O) groups excluding carboxylic acids is 1. The molecular formula is C11H17N3O3. The number of hydrogen-bond donors (Lipinski definition) is 2. The SMILES string of the molecule is CC(C(=O)O)C(C)C(=O)NCc1ccn(C)n1. The quantitative estimate of drug-likeness (QED) is 0.778. The number of hydrogen-bond acceptors (Lipinski definition) is 3. The molecule has 0 aliphatic rings. The number of aromatic nitrogens is 2. The lowest BCUT2D eigenvalue weighted by molar-refractivity contribution is -0.146. The second-order valence-electron chi connectivity index (χ2n) is 4.11. The third kappa shape index (κ3) is 3.58. The third-order valence-electron chi connectivity index (χ3n) is 2.77. The Morgan fingerprint density at radius 3 is 2.59 bits per heavy atom. The lowest BCUT2D eigenvalue weighted by Crippen LogP contribution is -2.34. The smallest absolute Gasteiger partial charge is 0.307 e. The predicted molar refractivity (Wildman–Crippen MR) is 61.0 cm³/mol. The van der Waals surface area contributed by atoms with E-state index in [9.17, 15) is 9.59 Å². The molecule has 0 aromatic carbocycles. The van der Waals surface area contributed by atoms with Crippen molar-refractivity contribution in [2.24, 2.45) is 18.9 Å². The molecule has 0 saturated heterocycles. The van der Waals surface area contributed by atoms with Gasteiger partial charge in [-0.1, -0.05) is 13.8 Å². The minimum Gasteiger partial charge on any atom is -0.481 e. The van der Waals surface area contributed by atoms with Crippen LogP contribution in [-0.2, 0) is 23.2 Å². The van der Waals surface area contributed by atoms with Crippen LogP contribution in [0.4, 0.5) is 0 Å². The van der Waals surface area contributed by atoms with Crippen LogP contribution in [0.1, 0.15) is 19.5 Å². The lowest BCUT2D eigenvalue weighted by Gasteiger charge is -2.15. The first-order chi connectivity index (χ1) is 7.91. The summed E-state index contributed by atoms with van der Waals surface area (Å²) in [6.45, 7) is 3.44. The maximum Gasteiger partial charge on any atom is 0.307 e. The van der Waals surface area contributed by atoms with Gasteiger partial charge in [-0.3, -0.25) is 14.3 Å². The van der Waals surface area contributed by atoms with E-state index < -0.39 is 17.8 Å². The number of carboxylic acids is 1. The van der Waals surface area contributed by atoms with Gasteiger partial charge in [0.2, 0.25) is 5.91 Å². The second-order valence-corrected chi connectivity index (χ2v) is 4.11. The van der Waals surface area contributed by atoms with Crippen LogP contribution < -0.4 is 5.32 Å². The van der Waals surface area contributed by atoms with E-state index in [4.69, 9.17) is 5.11 Å². The third-order valence-corrected chi connectivity index (χ3v) is 2.77. The van der Waals surface area contributed by atoms with Crippen molar-refractivity contribution in [2.45, 2.75) is 20.4 Å². The summed E-state index contributed by atoms with van der Waals surface area (Å²) in [7, 11) is 1.79. The molecule has 1 rings (SSSR count). The molecule has 1 aromatic heterocycles. The zero-order valence-electron chi connectivity index (χ0n) is 10.2. The van der Waals surface area contributed by atoms with Gasteiger partial charge in [0.25, 0.3) is 0 Å². The Morgan fingerprint density at radius 2 is 2.12 bits per heavy atom. The van der Waals surface area contributed by atoms with E-state index in [2.05, 4.69) is 10.4 Å². The van der Waals surface area contributed by atoms with Crippen LogP contribution in [-0.4, -0.2) is 26.8 Å². The highest BCUT2D eigenvalue weighted by Gasteiger charge is 2.25. The van der Waals surface area contributed by atoms with Crippen LogP contribution in [0, 0.1) is 11.8 Å². The summed E-state index contributed by atoms with van der Waals surface area (Å²) in [5, 5.41) is 15.6. The molecule has 2 N–H and O–H groups in total. The maximum absolute atomic E-state index is 11.7. The Hall–Kier alpha value is -1.85. The van der Waals surface area contributed by atoms with Crippen molar-refractivity contribution in [1.82, 2.24) is 15.1 Å². The van der Waals surface area contributed by atoms with Crippen LogP contribution in [0.3, 0.4) is 0 Å². The standard InChI is InChI=1S/C11H17N3O3/c1-7(8(2)11(16)17)10(15)12-6-9-4-5-14(3)13-9/h4-5,7-8H,6H2,1-3H3,(H,12,15)(H,16,17). The van der Waals surface area contributed by atoms with Crippen LogP contribution in [0.15, 0.2) is 12.3 Å². The first kappa shape index (κ1) is 13.2. The molecule has 0 aliphatic carbocycles. The Bertz CT molecular complexity index is 414. The summed E-state index contributed by atoms with van der Waals surface area (Å²) in [6, 6.07) is 1.80. The molecule has 0 saturated carbocycles. The van der Waals surface area contributed by atoms with Gasteiger partial charge in [-0.25, -0.2) is 0 Å². The number of carbonyl (C=O) groups is 2. The highest BCUT2D eigenvalue weighted by atomic mass is 16.4. The number of nitrogens with one attached hydrogen (secondary N) is 1. The highest BCUT2D eigenvalue weighted by molar-refractivity contribution is 5.84. The van der Waals surface area contributed by atoms with E-state index >= 15 is 0 Å². The van der Waals surface area contributed by atoms with Gasteiger partial charge in [0.15, 0.2) is 0 Å². The van der Waals surface area contributed by atoms with Gasteiger partial charge in [-0.15, -0.1) is 0 Å². The molecule has 1 amide bonds. The largest absolute Gasteiger partial charge is 0.481 e. The molecule has 6 heteroatoms. The summed E-state index contributed by atoms with van der Waals surface area (Å²) in [6.07, 6.45) is 1.78. The molecule has 17 heavy (non-hydrogen) atoms. The van der Waals surface area contributed by atoms with Crippen molar-refractivity contribution in [1.29, 1.82) is 0 Å². The van der Waals surface area contributed by atoms with E-state index in [1.807, 2.05) is 0 Å². The molecule has 2 unspecified atom stereocenters. The Morgan fingerprint density at radius 1 is 1.47 bits per heavy atom. The van der Waals surface area contributed by atoms with Crippen molar-refractivity contribution in [3.05, 3.63) is 18.0 Å². The van der Waals surface area contributed by atoms with E-state index in [-0.39, 0.29) is 5.91 Å². The van der Waals surface area contributed by atoms with Gasteiger partial charge in [-0.05, 0) is 6.07 Å². The number of aryl methyl sites for hydroxylation is 1. The molecule has 0 fully saturated rings. The summed E-state index contributed by atoms with van der Waals surface area (Å²) in [5.74, 6) is -2.49. The zero-order chi connectivity index (χ0) is 13.0. The predicted octanol–water partition coefficient (Wildman–Crippen LogP) is 0.393. The van der Waals surface area contributed by atoms with Crippen molar-refractivity contribution in [2.75, 3.05) is 0 Å². The molecule has 1 heterocycles. The molecule has 0 spiro atoms. The Kier molecular flexibility index (Phi) is 4.25. The minimum atomic E-state index is -0.967. The molecule has 6 nitrogen and oxygen atoms in total. The molecule has 0 aliphatic heterocycles. The Balaban J connectivity index is 2.47. The highest BCUT2D eigenvalue weighted by Crippen LogP contribution is 2.11. The molecule has 2 atom stereocenters. The van der Waals surface area contributed by atoms with E-state index in [0.717, 1.165) is 5.69 Å². The fourth-order valence-corrected chi connectivity index (χ4v) is 1.34. The number of amides is 1. The number of aliphatic carboxylic acids is 1. The molecule has 94 valence electrons. The van der Waals surface area contributed by atoms with Crippen molar-refractivity contribution >= 4 is 11.9 Å². The molecular weight excluding hydrogens is 222 g/mol. The average Bonchev–Trinajstić information content (AvgIpc) is 2.69. The van der Waals surface area contributed by atoms with E-state index in [1.54, 1.807) is 30.9 Å². The summed E-state index contributed by atoms with van der Waals surface area (Å²) >= 11 is 0. The zero-order valence-corrected chi connectivity index (χ0v) is 10.2. The fraction of sp³-hybridized carbons (Fsp3) is 0.545. The molecule has 1 aromatic rings. The summed E-state index contributed by atoms with van der Waals surface area (Å²) in [4.78, 5) is 22.4. The first-order valence-corrected chi connectivity index (χ1v) is 5.41. The van der Waals surface area contributed by atoms with Crippen LogP contribution in [0.5, 0.6) is 0 Å². The van der Waals surface area contributed by atoms with Crippen LogP contribution in [0.25, 0.3) is 0 Å². The normalized spacial score (nSPS) is 14.1. The topological polar surface area (TPSA) is 84.2 Å². The Labute approximate surface area is 99.6 Å².